The number of rotatable bonds is 3. The second kappa shape index (κ2) is 5.37. The number of halogens is 2. The van der Waals surface area contributed by atoms with Gasteiger partial charge in [0.05, 0.1) is 9.40 Å². The molecule has 0 aliphatic carbocycles. The molecule has 0 bridgehead atoms. The van der Waals surface area contributed by atoms with Gasteiger partial charge < -0.3 is 10.5 Å². The fourth-order valence-electron chi connectivity index (χ4n) is 1.28. The van der Waals surface area contributed by atoms with Gasteiger partial charge in [0.25, 0.3) is 0 Å². The Bertz CT molecular complexity index is 653. The second-order valence-corrected chi connectivity index (χ2v) is 4.64. The summed E-state index contributed by atoms with van der Waals surface area (Å²) in [6.45, 7) is 0. The Balaban J connectivity index is 2.44. The Hall–Kier alpha value is -1.93. The highest BCUT2D eigenvalue weighted by Gasteiger charge is 2.23. The normalized spacial score (nSPS) is 10.2. The average Bonchev–Trinajstić information content (AvgIpc) is 2.32. The molecule has 0 saturated heterocycles. The number of hydrogen-bond donors (Lipinski definition) is 1. The fraction of sp³-hybridized carbons (Fsp3) is 0. The highest BCUT2D eigenvalue weighted by molar-refractivity contribution is 9.10. The van der Waals surface area contributed by atoms with Gasteiger partial charge in [-0.3, -0.25) is 10.1 Å². The van der Waals surface area contributed by atoms with Crippen molar-refractivity contribution < 1.29 is 9.66 Å². The molecule has 2 N–H and O–H groups in total. The van der Waals surface area contributed by atoms with Gasteiger partial charge in [0.2, 0.25) is 5.82 Å². The van der Waals surface area contributed by atoms with Crippen molar-refractivity contribution in [2.24, 2.45) is 0 Å². The topological polar surface area (TPSA) is 104 Å². The zero-order valence-electron chi connectivity index (χ0n) is 9.21. The first-order valence-electron chi connectivity index (χ1n) is 4.87. The Morgan fingerprint density at radius 1 is 1.42 bits per heavy atom. The van der Waals surface area contributed by atoms with Gasteiger partial charge in [-0.1, -0.05) is 11.6 Å². The molecule has 0 aliphatic rings. The zero-order valence-corrected chi connectivity index (χ0v) is 11.6. The van der Waals surface area contributed by atoms with Crippen LogP contribution in [-0.2, 0) is 0 Å². The lowest BCUT2D eigenvalue weighted by atomic mass is 10.3. The van der Waals surface area contributed by atoms with Gasteiger partial charge in [0.1, 0.15) is 12.1 Å². The summed E-state index contributed by atoms with van der Waals surface area (Å²) in [6.07, 6.45) is 1.08. The molecule has 1 aromatic carbocycles. The van der Waals surface area contributed by atoms with Crippen LogP contribution in [0, 0.1) is 10.1 Å². The number of nitro groups is 1. The Morgan fingerprint density at radius 3 is 2.79 bits per heavy atom. The van der Waals surface area contributed by atoms with Crippen molar-refractivity contribution in [3.05, 3.63) is 44.1 Å². The third-order valence-corrected chi connectivity index (χ3v) is 2.95. The van der Waals surface area contributed by atoms with Crippen LogP contribution < -0.4 is 10.5 Å². The van der Waals surface area contributed by atoms with E-state index in [2.05, 4.69) is 25.9 Å². The molecule has 0 radical (unpaired) electrons. The van der Waals surface area contributed by atoms with E-state index in [-0.39, 0.29) is 11.7 Å². The van der Waals surface area contributed by atoms with Crippen LogP contribution >= 0.6 is 27.5 Å². The standard InChI is InChI=1S/C10H6BrClN4O3/c11-6-3-5(12)1-2-7(6)19-10-8(16(17)18)9(13)14-4-15-10/h1-4H,(H2,13,14,15). The lowest BCUT2D eigenvalue weighted by Crippen LogP contribution is -2.02. The van der Waals surface area contributed by atoms with E-state index in [0.29, 0.717) is 15.2 Å². The number of benzene rings is 1. The third-order valence-electron chi connectivity index (χ3n) is 2.10. The van der Waals surface area contributed by atoms with Crippen molar-refractivity contribution in [3.8, 4) is 11.6 Å². The zero-order chi connectivity index (χ0) is 14.0. The molecule has 2 aromatic rings. The number of anilines is 1. The van der Waals surface area contributed by atoms with E-state index in [9.17, 15) is 10.1 Å². The minimum Gasteiger partial charge on any atom is -0.432 e. The summed E-state index contributed by atoms with van der Waals surface area (Å²) in [5.41, 5.74) is 4.95. The molecule has 98 valence electrons. The van der Waals surface area contributed by atoms with E-state index in [1.54, 1.807) is 18.2 Å². The van der Waals surface area contributed by atoms with Crippen LogP contribution in [0.1, 0.15) is 0 Å². The first kappa shape index (κ1) is 13.5. The molecule has 19 heavy (non-hydrogen) atoms. The molecule has 0 amide bonds. The monoisotopic (exact) mass is 344 g/mol. The maximum absolute atomic E-state index is 10.9. The van der Waals surface area contributed by atoms with Crippen molar-refractivity contribution >= 4 is 39.0 Å². The molecule has 0 atom stereocenters. The Kier molecular flexibility index (Phi) is 3.82. The third kappa shape index (κ3) is 2.91. The number of nitrogens with two attached hydrogens (primary N) is 1. The van der Waals surface area contributed by atoms with Crippen molar-refractivity contribution in [2.75, 3.05) is 5.73 Å². The lowest BCUT2D eigenvalue weighted by Gasteiger charge is -2.07. The second-order valence-electron chi connectivity index (χ2n) is 3.35. The molecular formula is C10H6BrClN4O3. The number of nitrogens with zero attached hydrogens (tertiary/aromatic N) is 3. The molecule has 7 nitrogen and oxygen atoms in total. The summed E-state index contributed by atoms with van der Waals surface area (Å²) in [4.78, 5) is 17.5. The molecule has 0 saturated carbocycles. The quantitative estimate of drug-likeness (QED) is 0.676. The average molecular weight is 346 g/mol. The highest BCUT2D eigenvalue weighted by Crippen LogP contribution is 2.36. The molecule has 1 aromatic heterocycles. The molecule has 0 aliphatic heterocycles. The summed E-state index contributed by atoms with van der Waals surface area (Å²) in [6, 6.07) is 4.72. The van der Waals surface area contributed by atoms with Crippen molar-refractivity contribution in [2.45, 2.75) is 0 Å². The number of ether oxygens (including phenoxy) is 1. The van der Waals surface area contributed by atoms with Crippen LogP contribution in [0.5, 0.6) is 11.6 Å². The van der Waals surface area contributed by atoms with E-state index in [1.807, 2.05) is 0 Å². The molecular weight excluding hydrogens is 339 g/mol. The molecule has 9 heteroatoms. The van der Waals surface area contributed by atoms with Crippen molar-refractivity contribution in [3.63, 3.8) is 0 Å². The van der Waals surface area contributed by atoms with Gasteiger partial charge >= 0.3 is 11.6 Å². The van der Waals surface area contributed by atoms with Crippen LogP contribution in [0.25, 0.3) is 0 Å². The number of aromatic nitrogens is 2. The molecule has 0 fully saturated rings. The van der Waals surface area contributed by atoms with E-state index in [4.69, 9.17) is 22.1 Å². The van der Waals surface area contributed by atoms with Gasteiger partial charge in [-0.05, 0) is 34.1 Å². The lowest BCUT2D eigenvalue weighted by molar-refractivity contribution is -0.385. The number of nitrogen functional groups attached to an aromatic ring is 1. The van der Waals surface area contributed by atoms with E-state index in [0.717, 1.165) is 6.33 Å². The molecule has 0 unspecified atom stereocenters. The summed E-state index contributed by atoms with van der Waals surface area (Å²) in [7, 11) is 0. The summed E-state index contributed by atoms with van der Waals surface area (Å²) in [5, 5.41) is 11.4. The molecule has 1 heterocycles. The van der Waals surface area contributed by atoms with E-state index in [1.165, 1.54) is 0 Å². The summed E-state index contributed by atoms with van der Waals surface area (Å²) < 4.78 is 5.89. The predicted molar refractivity (Wildman–Crippen MR) is 72.3 cm³/mol. The Labute approximate surface area is 120 Å². The van der Waals surface area contributed by atoms with Crippen LogP contribution in [0.3, 0.4) is 0 Å². The number of hydrogen-bond acceptors (Lipinski definition) is 6. The molecule has 0 spiro atoms. The van der Waals surface area contributed by atoms with Gasteiger partial charge in [0.15, 0.2) is 0 Å². The van der Waals surface area contributed by atoms with E-state index >= 15 is 0 Å². The maximum atomic E-state index is 10.9. The summed E-state index contributed by atoms with van der Waals surface area (Å²) >= 11 is 9.02. The minimum absolute atomic E-state index is 0.236. The van der Waals surface area contributed by atoms with Gasteiger partial charge in [0, 0.05) is 5.02 Å². The fourth-order valence-corrected chi connectivity index (χ4v) is 2.05. The first-order valence-corrected chi connectivity index (χ1v) is 6.04. The molecule has 2 rings (SSSR count). The Morgan fingerprint density at radius 2 is 2.16 bits per heavy atom. The van der Waals surface area contributed by atoms with Crippen molar-refractivity contribution in [1.82, 2.24) is 9.97 Å². The summed E-state index contributed by atoms with van der Waals surface area (Å²) in [5.74, 6) is -0.175. The minimum atomic E-state index is -0.700. The van der Waals surface area contributed by atoms with Crippen LogP contribution in [-0.4, -0.2) is 14.9 Å². The largest absolute Gasteiger partial charge is 0.432 e. The predicted octanol–water partition coefficient (Wildman–Crippen LogP) is 3.18. The van der Waals surface area contributed by atoms with Gasteiger partial charge in [-0.25, -0.2) is 4.98 Å². The smallest absolute Gasteiger partial charge is 0.372 e. The SMILES string of the molecule is Nc1ncnc(Oc2ccc(Cl)cc2Br)c1[N+](=O)[O-]. The maximum Gasteiger partial charge on any atom is 0.372 e. The van der Waals surface area contributed by atoms with Crippen LogP contribution in [0.2, 0.25) is 5.02 Å². The van der Waals surface area contributed by atoms with Crippen LogP contribution in [0.4, 0.5) is 11.5 Å². The first-order chi connectivity index (χ1) is 8.99. The van der Waals surface area contributed by atoms with Gasteiger partial charge in [-0.2, -0.15) is 4.98 Å². The van der Waals surface area contributed by atoms with Gasteiger partial charge in [-0.15, -0.1) is 0 Å². The van der Waals surface area contributed by atoms with E-state index < -0.39 is 10.6 Å². The van der Waals surface area contributed by atoms with Crippen LogP contribution in [0.15, 0.2) is 29.0 Å². The highest BCUT2D eigenvalue weighted by atomic mass is 79.9. The van der Waals surface area contributed by atoms with Crippen molar-refractivity contribution in [1.29, 1.82) is 0 Å².